The molecule has 0 bridgehead atoms. The summed E-state index contributed by atoms with van der Waals surface area (Å²) >= 11 is 0. The Balaban J connectivity index is 1.69. The van der Waals surface area contributed by atoms with Gasteiger partial charge in [-0.3, -0.25) is 0 Å². The number of anilines is 1. The zero-order valence-electron chi connectivity index (χ0n) is 11.6. The van der Waals surface area contributed by atoms with Crippen LogP contribution >= 0.6 is 0 Å². The van der Waals surface area contributed by atoms with Gasteiger partial charge in [0.25, 0.3) is 0 Å². The standard InChI is InChI=1S/C16H16F3NO/c1-10-8-12(10)15-7-6-11(21-15)9-20-14-5-3-2-4-13(14)16(17,18)19/h2-7,10,12,20H,8-9H2,1H3. The van der Waals surface area contributed by atoms with E-state index in [1.165, 1.54) is 12.1 Å². The molecular weight excluding hydrogens is 279 g/mol. The van der Waals surface area contributed by atoms with E-state index in [4.69, 9.17) is 4.42 Å². The van der Waals surface area contributed by atoms with Crippen LogP contribution in [0.25, 0.3) is 0 Å². The second-order valence-electron chi connectivity index (χ2n) is 5.52. The van der Waals surface area contributed by atoms with E-state index in [9.17, 15) is 13.2 Å². The average Bonchev–Trinajstić information content (AvgIpc) is 2.99. The lowest BCUT2D eigenvalue weighted by atomic mass is 10.1. The molecule has 1 N–H and O–H groups in total. The van der Waals surface area contributed by atoms with Gasteiger partial charge in [-0.2, -0.15) is 13.2 Å². The van der Waals surface area contributed by atoms with Crippen LogP contribution in [0, 0.1) is 5.92 Å². The highest BCUT2D eigenvalue weighted by Crippen LogP contribution is 2.47. The van der Waals surface area contributed by atoms with E-state index in [-0.39, 0.29) is 12.2 Å². The number of benzene rings is 1. The number of alkyl halides is 3. The predicted molar refractivity (Wildman–Crippen MR) is 74.0 cm³/mol. The molecule has 0 aliphatic heterocycles. The number of hydrogen-bond donors (Lipinski definition) is 1. The largest absolute Gasteiger partial charge is 0.464 e. The molecule has 2 nitrogen and oxygen atoms in total. The van der Waals surface area contributed by atoms with Crippen molar-refractivity contribution < 1.29 is 17.6 Å². The van der Waals surface area contributed by atoms with Crippen LogP contribution in [0.2, 0.25) is 0 Å². The van der Waals surface area contributed by atoms with Crippen LogP contribution in [-0.2, 0) is 12.7 Å². The van der Waals surface area contributed by atoms with Gasteiger partial charge in [0.2, 0.25) is 0 Å². The Bertz CT molecular complexity index is 632. The molecule has 1 fully saturated rings. The van der Waals surface area contributed by atoms with Gasteiger partial charge in [0.15, 0.2) is 0 Å². The maximum absolute atomic E-state index is 12.9. The fourth-order valence-corrected chi connectivity index (χ4v) is 2.47. The van der Waals surface area contributed by atoms with Crippen molar-refractivity contribution in [3.8, 4) is 0 Å². The Morgan fingerprint density at radius 1 is 1.19 bits per heavy atom. The molecule has 112 valence electrons. The number of halogens is 3. The smallest absolute Gasteiger partial charge is 0.418 e. The molecule has 5 heteroatoms. The predicted octanol–water partition coefficient (Wildman–Crippen LogP) is 5.03. The Labute approximate surface area is 121 Å². The fraction of sp³-hybridized carbons (Fsp3) is 0.375. The molecule has 1 aromatic heterocycles. The van der Waals surface area contributed by atoms with Crippen LogP contribution in [0.4, 0.5) is 18.9 Å². The second kappa shape index (κ2) is 5.13. The van der Waals surface area contributed by atoms with Crippen LogP contribution in [0.3, 0.4) is 0 Å². The molecule has 2 aromatic rings. The van der Waals surface area contributed by atoms with Gasteiger partial charge in [0.1, 0.15) is 11.5 Å². The summed E-state index contributed by atoms with van der Waals surface area (Å²) in [6.07, 6.45) is -3.24. The van der Waals surface area contributed by atoms with Crippen molar-refractivity contribution in [3.63, 3.8) is 0 Å². The maximum atomic E-state index is 12.9. The molecule has 3 rings (SSSR count). The maximum Gasteiger partial charge on any atom is 0.418 e. The van der Waals surface area contributed by atoms with Crippen LogP contribution in [0.15, 0.2) is 40.8 Å². The van der Waals surface area contributed by atoms with Crippen LogP contribution in [0.1, 0.15) is 36.3 Å². The molecule has 0 radical (unpaired) electrons. The molecule has 1 heterocycles. The van der Waals surface area contributed by atoms with E-state index in [2.05, 4.69) is 12.2 Å². The monoisotopic (exact) mass is 295 g/mol. The molecular formula is C16H16F3NO. The van der Waals surface area contributed by atoms with E-state index in [0.717, 1.165) is 18.2 Å². The van der Waals surface area contributed by atoms with Gasteiger partial charge in [0.05, 0.1) is 12.1 Å². The normalized spacial score (nSPS) is 21.3. The Kier molecular flexibility index (Phi) is 3.43. The van der Waals surface area contributed by atoms with E-state index in [1.807, 2.05) is 12.1 Å². The average molecular weight is 295 g/mol. The zero-order chi connectivity index (χ0) is 15.0. The van der Waals surface area contributed by atoms with Crippen molar-refractivity contribution in [2.45, 2.75) is 32.0 Å². The molecule has 21 heavy (non-hydrogen) atoms. The first-order chi connectivity index (χ1) is 9.95. The third-order valence-electron chi connectivity index (χ3n) is 3.84. The highest BCUT2D eigenvalue weighted by Gasteiger charge is 2.36. The molecule has 0 spiro atoms. The molecule has 1 aromatic carbocycles. The highest BCUT2D eigenvalue weighted by molar-refractivity contribution is 5.52. The first-order valence-corrected chi connectivity index (χ1v) is 6.94. The van der Waals surface area contributed by atoms with E-state index < -0.39 is 11.7 Å². The van der Waals surface area contributed by atoms with Gasteiger partial charge in [-0.1, -0.05) is 19.1 Å². The molecule has 1 aliphatic carbocycles. The van der Waals surface area contributed by atoms with Gasteiger partial charge in [-0.15, -0.1) is 0 Å². The van der Waals surface area contributed by atoms with E-state index in [0.29, 0.717) is 17.6 Å². The molecule has 0 saturated heterocycles. The summed E-state index contributed by atoms with van der Waals surface area (Å²) in [7, 11) is 0. The van der Waals surface area contributed by atoms with E-state index >= 15 is 0 Å². The minimum atomic E-state index is -4.36. The number of para-hydroxylation sites is 1. The minimum Gasteiger partial charge on any atom is -0.464 e. The van der Waals surface area contributed by atoms with Crippen molar-refractivity contribution in [2.24, 2.45) is 5.92 Å². The molecule has 2 unspecified atom stereocenters. The van der Waals surface area contributed by atoms with Crippen molar-refractivity contribution in [3.05, 3.63) is 53.5 Å². The third-order valence-corrected chi connectivity index (χ3v) is 3.84. The van der Waals surface area contributed by atoms with Crippen molar-refractivity contribution >= 4 is 5.69 Å². The molecule has 0 amide bonds. The van der Waals surface area contributed by atoms with Crippen LogP contribution < -0.4 is 5.32 Å². The quantitative estimate of drug-likeness (QED) is 0.855. The van der Waals surface area contributed by atoms with Crippen molar-refractivity contribution in [1.82, 2.24) is 0 Å². The second-order valence-corrected chi connectivity index (χ2v) is 5.52. The summed E-state index contributed by atoms with van der Waals surface area (Å²) in [6, 6.07) is 9.20. The SMILES string of the molecule is CC1CC1c1ccc(CNc2ccccc2C(F)(F)F)o1. The molecule has 1 aliphatic rings. The van der Waals surface area contributed by atoms with E-state index in [1.54, 1.807) is 6.07 Å². The van der Waals surface area contributed by atoms with Gasteiger partial charge in [-0.05, 0) is 36.6 Å². The number of hydrogen-bond acceptors (Lipinski definition) is 2. The van der Waals surface area contributed by atoms with Crippen LogP contribution in [-0.4, -0.2) is 0 Å². The summed E-state index contributed by atoms with van der Waals surface area (Å²) in [5, 5.41) is 2.81. The Hall–Kier alpha value is -1.91. The third kappa shape index (κ3) is 3.06. The lowest BCUT2D eigenvalue weighted by Gasteiger charge is -2.13. The number of nitrogens with one attached hydrogen (secondary N) is 1. The lowest BCUT2D eigenvalue weighted by molar-refractivity contribution is -0.137. The summed E-state index contributed by atoms with van der Waals surface area (Å²) < 4.78 is 44.3. The van der Waals surface area contributed by atoms with Gasteiger partial charge < -0.3 is 9.73 Å². The number of rotatable bonds is 4. The van der Waals surface area contributed by atoms with Crippen molar-refractivity contribution in [1.29, 1.82) is 0 Å². The Morgan fingerprint density at radius 3 is 2.57 bits per heavy atom. The summed E-state index contributed by atoms with van der Waals surface area (Å²) in [6.45, 7) is 2.40. The van der Waals surface area contributed by atoms with Gasteiger partial charge in [-0.25, -0.2) is 0 Å². The van der Waals surface area contributed by atoms with Gasteiger partial charge >= 0.3 is 6.18 Å². The zero-order valence-corrected chi connectivity index (χ0v) is 11.6. The topological polar surface area (TPSA) is 25.2 Å². The highest BCUT2D eigenvalue weighted by atomic mass is 19.4. The first kappa shape index (κ1) is 14.0. The summed E-state index contributed by atoms with van der Waals surface area (Å²) in [5.41, 5.74) is -0.588. The lowest BCUT2D eigenvalue weighted by Crippen LogP contribution is -2.10. The van der Waals surface area contributed by atoms with Crippen LogP contribution in [0.5, 0.6) is 0 Å². The Morgan fingerprint density at radius 2 is 1.90 bits per heavy atom. The van der Waals surface area contributed by atoms with Crippen molar-refractivity contribution in [2.75, 3.05) is 5.32 Å². The first-order valence-electron chi connectivity index (χ1n) is 6.94. The minimum absolute atomic E-state index is 0.0720. The summed E-state index contributed by atoms with van der Waals surface area (Å²) in [4.78, 5) is 0. The fourth-order valence-electron chi connectivity index (χ4n) is 2.47. The summed E-state index contributed by atoms with van der Waals surface area (Å²) in [5.74, 6) is 2.70. The van der Waals surface area contributed by atoms with Gasteiger partial charge in [0, 0.05) is 11.6 Å². The number of furan rings is 1. The molecule has 2 atom stereocenters. The molecule has 1 saturated carbocycles.